The molecule has 5 heteroatoms. The van der Waals surface area contributed by atoms with Crippen molar-refractivity contribution in [2.45, 2.75) is 59.0 Å². The van der Waals surface area contributed by atoms with Crippen LogP contribution in [0.1, 0.15) is 46.1 Å². The fourth-order valence-corrected chi connectivity index (χ4v) is 6.36. The molecular weight excluding hydrogens is 427 g/mol. The van der Waals surface area contributed by atoms with Gasteiger partial charge in [0.15, 0.2) is 0 Å². The quantitative estimate of drug-likeness (QED) is 0.130. The van der Waals surface area contributed by atoms with Crippen molar-refractivity contribution in [3.63, 3.8) is 0 Å². The molecule has 4 rings (SSSR count). The van der Waals surface area contributed by atoms with E-state index in [-0.39, 0.29) is 0 Å². The standard InChI is InChI=1S/C28H33N2O2P/c1-20(2)30(21(3)4)33(32-19-7-17-29)31-18-6-10-22-11-12-25-14-13-23-8-5-9-24-15-16-26(22)28(25)27(23)24/h5,8-9,11-16,20-21H,6-7,10,18-19H2,1-4H3. The highest BCUT2D eigenvalue weighted by molar-refractivity contribution is 7.44. The molecule has 0 aliphatic carbocycles. The molecule has 0 N–H and O–H groups in total. The molecule has 0 saturated heterocycles. The lowest BCUT2D eigenvalue weighted by atomic mass is 9.91. The van der Waals surface area contributed by atoms with Crippen molar-refractivity contribution >= 4 is 40.8 Å². The fourth-order valence-electron chi connectivity index (χ4n) is 4.73. The summed E-state index contributed by atoms with van der Waals surface area (Å²) >= 11 is 0. The molecule has 0 aliphatic rings. The summed E-state index contributed by atoms with van der Waals surface area (Å²) in [5, 5.41) is 16.9. The molecule has 1 atom stereocenters. The Hall–Kier alpha value is -2.28. The molecular formula is C28H33N2O2P. The van der Waals surface area contributed by atoms with Crippen LogP contribution >= 0.6 is 8.53 Å². The number of nitriles is 1. The third-order valence-corrected chi connectivity index (χ3v) is 8.18. The normalized spacial score (nSPS) is 13.2. The second kappa shape index (κ2) is 10.8. The Kier molecular flexibility index (Phi) is 7.78. The minimum atomic E-state index is -1.18. The smallest absolute Gasteiger partial charge is 0.259 e. The molecule has 0 bridgehead atoms. The van der Waals surface area contributed by atoms with Gasteiger partial charge in [0.25, 0.3) is 8.53 Å². The van der Waals surface area contributed by atoms with Gasteiger partial charge in [0, 0.05) is 12.1 Å². The Morgan fingerprint density at radius 2 is 1.42 bits per heavy atom. The van der Waals surface area contributed by atoms with Crippen LogP contribution in [0.2, 0.25) is 0 Å². The van der Waals surface area contributed by atoms with E-state index in [0.29, 0.717) is 31.7 Å². The summed E-state index contributed by atoms with van der Waals surface area (Å²) in [5.41, 5.74) is 1.36. The lowest BCUT2D eigenvalue weighted by Crippen LogP contribution is -2.33. The molecule has 172 valence electrons. The van der Waals surface area contributed by atoms with Gasteiger partial charge in [-0.2, -0.15) is 5.26 Å². The van der Waals surface area contributed by atoms with Gasteiger partial charge in [-0.15, -0.1) is 0 Å². The lowest BCUT2D eigenvalue weighted by molar-refractivity contribution is 0.175. The minimum absolute atomic E-state index is 0.316. The van der Waals surface area contributed by atoms with E-state index in [4.69, 9.17) is 14.3 Å². The van der Waals surface area contributed by atoms with Gasteiger partial charge >= 0.3 is 0 Å². The maximum absolute atomic E-state index is 8.89. The Morgan fingerprint density at radius 1 is 0.818 bits per heavy atom. The maximum Gasteiger partial charge on any atom is 0.259 e. The summed E-state index contributed by atoms with van der Waals surface area (Å²) in [7, 11) is -1.18. The van der Waals surface area contributed by atoms with E-state index in [2.05, 4.69) is 93.0 Å². The Morgan fingerprint density at radius 3 is 2.09 bits per heavy atom. The topological polar surface area (TPSA) is 45.5 Å². The molecule has 0 aromatic heterocycles. The fraction of sp³-hybridized carbons (Fsp3) is 0.393. The molecule has 0 fully saturated rings. The molecule has 4 aromatic rings. The van der Waals surface area contributed by atoms with E-state index in [9.17, 15) is 0 Å². The van der Waals surface area contributed by atoms with Gasteiger partial charge in [-0.25, -0.2) is 4.67 Å². The largest absolute Gasteiger partial charge is 0.322 e. The minimum Gasteiger partial charge on any atom is -0.322 e. The molecule has 1 unspecified atom stereocenters. The second-order valence-corrected chi connectivity index (χ2v) is 10.5. The monoisotopic (exact) mass is 460 g/mol. The summed E-state index contributed by atoms with van der Waals surface area (Å²) in [4.78, 5) is 0. The van der Waals surface area contributed by atoms with Crippen LogP contribution < -0.4 is 0 Å². The van der Waals surface area contributed by atoms with Crippen LogP contribution in [-0.4, -0.2) is 30.0 Å². The summed E-state index contributed by atoms with van der Waals surface area (Å²) in [6.07, 6.45) is 2.27. The maximum atomic E-state index is 8.89. The van der Waals surface area contributed by atoms with Crippen LogP contribution in [0.25, 0.3) is 32.3 Å². The van der Waals surface area contributed by atoms with Gasteiger partial charge < -0.3 is 9.05 Å². The van der Waals surface area contributed by atoms with Crippen molar-refractivity contribution < 1.29 is 9.05 Å². The molecule has 0 amide bonds. The highest BCUT2D eigenvalue weighted by Crippen LogP contribution is 2.46. The molecule has 33 heavy (non-hydrogen) atoms. The number of rotatable bonds is 11. The van der Waals surface area contributed by atoms with Crippen LogP contribution in [0, 0.1) is 11.3 Å². The first-order valence-corrected chi connectivity index (χ1v) is 13.0. The highest BCUT2D eigenvalue weighted by atomic mass is 31.2. The van der Waals surface area contributed by atoms with Crippen molar-refractivity contribution in [2.75, 3.05) is 13.2 Å². The number of nitrogens with zero attached hydrogens (tertiary/aromatic N) is 2. The van der Waals surface area contributed by atoms with Gasteiger partial charge in [-0.1, -0.05) is 54.6 Å². The summed E-state index contributed by atoms with van der Waals surface area (Å²) in [6.45, 7) is 9.70. The second-order valence-electron chi connectivity index (χ2n) is 9.06. The summed E-state index contributed by atoms with van der Waals surface area (Å²) < 4.78 is 14.6. The summed E-state index contributed by atoms with van der Waals surface area (Å²) in [5.74, 6) is 0. The van der Waals surface area contributed by atoms with E-state index in [1.165, 1.54) is 37.9 Å². The number of aryl methyl sites for hydroxylation is 1. The summed E-state index contributed by atoms with van der Waals surface area (Å²) in [6, 6.07) is 22.8. The average Bonchev–Trinajstić information content (AvgIpc) is 2.80. The van der Waals surface area contributed by atoms with Gasteiger partial charge in [0.1, 0.15) is 0 Å². The van der Waals surface area contributed by atoms with E-state index in [1.54, 1.807) is 0 Å². The van der Waals surface area contributed by atoms with Crippen molar-refractivity contribution in [2.24, 2.45) is 0 Å². The van der Waals surface area contributed by atoms with Crippen molar-refractivity contribution in [3.05, 3.63) is 60.2 Å². The Labute approximate surface area is 198 Å². The first kappa shape index (κ1) is 23.9. The van der Waals surface area contributed by atoms with Gasteiger partial charge in [0.2, 0.25) is 0 Å². The average molecular weight is 461 g/mol. The molecule has 0 heterocycles. The predicted molar refractivity (Wildman–Crippen MR) is 140 cm³/mol. The van der Waals surface area contributed by atoms with E-state index >= 15 is 0 Å². The van der Waals surface area contributed by atoms with Crippen molar-refractivity contribution in [1.29, 1.82) is 5.26 Å². The number of hydrogen-bond donors (Lipinski definition) is 0. The van der Waals surface area contributed by atoms with E-state index < -0.39 is 8.53 Å². The number of hydrogen-bond acceptors (Lipinski definition) is 4. The Balaban J connectivity index is 1.49. The van der Waals surface area contributed by atoms with Crippen LogP contribution in [0.4, 0.5) is 0 Å². The van der Waals surface area contributed by atoms with E-state index in [1.807, 2.05) is 0 Å². The van der Waals surface area contributed by atoms with Crippen molar-refractivity contribution in [1.82, 2.24) is 4.67 Å². The molecule has 0 saturated carbocycles. The highest BCUT2D eigenvalue weighted by Gasteiger charge is 2.27. The van der Waals surface area contributed by atoms with Crippen LogP contribution in [-0.2, 0) is 15.5 Å². The third-order valence-electron chi connectivity index (χ3n) is 6.07. The van der Waals surface area contributed by atoms with Gasteiger partial charge in [-0.3, -0.25) is 0 Å². The predicted octanol–water partition coefficient (Wildman–Crippen LogP) is 7.81. The molecule has 0 aliphatic heterocycles. The van der Waals surface area contributed by atoms with E-state index in [0.717, 1.165) is 12.8 Å². The molecule has 4 nitrogen and oxygen atoms in total. The van der Waals surface area contributed by atoms with Crippen LogP contribution in [0.3, 0.4) is 0 Å². The lowest BCUT2D eigenvalue weighted by Gasteiger charge is -2.35. The SMILES string of the molecule is CC(C)N(C(C)C)P(OCCC#N)OCCCc1ccc2ccc3cccc4ccc1c2c34. The first-order valence-electron chi connectivity index (χ1n) is 11.9. The molecule has 4 aromatic carbocycles. The Bertz CT molecular complexity index is 1220. The number of benzene rings is 4. The van der Waals surface area contributed by atoms with Gasteiger partial charge in [0.05, 0.1) is 25.7 Å². The first-order chi connectivity index (χ1) is 16.0. The zero-order valence-electron chi connectivity index (χ0n) is 20.0. The zero-order chi connectivity index (χ0) is 23.4. The van der Waals surface area contributed by atoms with Crippen LogP contribution in [0.15, 0.2) is 54.6 Å². The molecule has 0 radical (unpaired) electrons. The van der Waals surface area contributed by atoms with Crippen molar-refractivity contribution in [3.8, 4) is 6.07 Å². The third kappa shape index (κ3) is 5.13. The van der Waals surface area contributed by atoms with Gasteiger partial charge in [-0.05, 0) is 78.4 Å². The molecule has 0 spiro atoms. The zero-order valence-corrected chi connectivity index (χ0v) is 20.9. The van der Waals surface area contributed by atoms with Crippen LogP contribution in [0.5, 0.6) is 0 Å².